The van der Waals surface area contributed by atoms with E-state index in [0.29, 0.717) is 24.2 Å². The molecule has 0 radical (unpaired) electrons. The quantitative estimate of drug-likeness (QED) is 0.828. The molecule has 4 nitrogen and oxygen atoms in total. The van der Waals surface area contributed by atoms with Gasteiger partial charge in [0.25, 0.3) is 5.78 Å². The zero-order valence-corrected chi connectivity index (χ0v) is 16.6. The molecule has 0 bridgehead atoms. The molecule has 1 aliphatic carbocycles. The van der Waals surface area contributed by atoms with Crippen LogP contribution in [0.25, 0.3) is 0 Å². The zero-order valence-electron chi connectivity index (χ0n) is 15.8. The van der Waals surface area contributed by atoms with Gasteiger partial charge in [-0.2, -0.15) is 0 Å². The van der Waals surface area contributed by atoms with Crippen molar-refractivity contribution in [3.05, 3.63) is 51.2 Å². The largest absolute Gasteiger partial charge is 0.311 e. The first-order valence-corrected chi connectivity index (χ1v) is 10.8. The van der Waals surface area contributed by atoms with Crippen molar-refractivity contribution < 1.29 is 14.5 Å². The highest BCUT2D eigenvalue weighted by atomic mass is 32.1. The summed E-state index contributed by atoms with van der Waals surface area (Å²) in [4.78, 5) is 30.1. The fraction of sp³-hybridized carbons (Fsp3) is 0.455. The van der Waals surface area contributed by atoms with Gasteiger partial charge in [0.2, 0.25) is 0 Å². The first kappa shape index (κ1) is 17.1. The van der Waals surface area contributed by atoms with E-state index in [4.69, 9.17) is 0 Å². The van der Waals surface area contributed by atoms with Crippen molar-refractivity contribution >= 4 is 28.7 Å². The van der Waals surface area contributed by atoms with E-state index >= 15 is 0 Å². The van der Waals surface area contributed by atoms with E-state index in [2.05, 4.69) is 31.4 Å². The number of Topliss-reactive ketones (excluding diaryl/α,β-unsaturated/α-hetero) is 1. The Labute approximate surface area is 163 Å². The lowest BCUT2D eigenvalue weighted by Gasteiger charge is -2.35. The minimum absolute atomic E-state index is 0.344. The van der Waals surface area contributed by atoms with E-state index in [1.54, 1.807) is 4.90 Å². The smallest absolute Gasteiger partial charge is 0.303 e. The van der Waals surface area contributed by atoms with Crippen LogP contribution in [0.1, 0.15) is 65.0 Å². The van der Waals surface area contributed by atoms with Crippen LogP contribution in [0.4, 0.5) is 5.69 Å². The number of hydrogen-bond donors (Lipinski definition) is 1. The molecular weight excluding hydrogens is 356 g/mol. The van der Waals surface area contributed by atoms with Gasteiger partial charge in [-0.05, 0) is 47.9 Å². The SMILES string of the molecule is CC(C)c1ccc2c(c1)C(=O)C(=O)N2C[NH+]1CCc2sccc2[C@@H]1C1CC1. The number of hydrogen-bond acceptors (Lipinski definition) is 3. The lowest BCUT2D eigenvalue weighted by Crippen LogP contribution is -3.15. The summed E-state index contributed by atoms with van der Waals surface area (Å²) >= 11 is 1.86. The van der Waals surface area contributed by atoms with Crippen molar-refractivity contribution in [2.45, 2.75) is 45.1 Å². The van der Waals surface area contributed by atoms with Gasteiger partial charge < -0.3 is 4.90 Å². The molecule has 1 N–H and O–H groups in total. The van der Waals surface area contributed by atoms with Gasteiger partial charge in [-0.15, -0.1) is 11.3 Å². The number of nitrogens with one attached hydrogen (secondary N) is 1. The second-order valence-electron chi connectivity index (χ2n) is 8.42. The van der Waals surface area contributed by atoms with Gasteiger partial charge in [0.1, 0.15) is 6.04 Å². The van der Waals surface area contributed by atoms with Gasteiger partial charge in [-0.3, -0.25) is 14.5 Å². The third-order valence-electron chi connectivity index (χ3n) is 6.34. The van der Waals surface area contributed by atoms with Crippen LogP contribution < -0.4 is 9.80 Å². The number of amides is 1. The number of thiophene rings is 1. The Morgan fingerprint density at radius 2 is 2.04 bits per heavy atom. The Bertz CT molecular complexity index is 928. The van der Waals surface area contributed by atoms with E-state index in [9.17, 15) is 9.59 Å². The molecule has 1 unspecified atom stereocenters. The maximum atomic E-state index is 12.8. The molecule has 0 saturated heterocycles. The molecule has 1 saturated carbocycles. The fourth-order valence-electron chi connectivity index (χ4n) is 4.71. The summed E-state index contributed by atoms with van der Waals surface area (Å²) < 4.78 is 0. The number of fused-ring (bicyclic) bond motifs is 2. The van der Waals surface area contributed by atoms with Crippen LogP contribution in [0, 0.1) is 5.92 Å². The van der Waals surface area contributed by atoms with E-state index < -0.39 is 0 Å². The molecule has 1 aromatic heterocycles. The molecule has 2 atom stereocenters. The number of rotatable bonds is 4. The number of carbonyl (C=O) groups excluding carboxylic acids is 2. The normalized spacial score (nSPS) is 24.5. The molecule has 2 aromatic rings. The van der Waals surface area contributed by atoms with Gasteiger partial charge in [0, 0.05) is 22.8 Å². The standard InChI is InChI=1S/C22H24N2O2S/c1-13(2)15-5-6-18-17(11-15)21(25)22(26)24(18)12-23-9-7-19-16(8-10-27-19)20(23)14-3-4-14/h5-6,8,10-11,13-14,20H,3-4,7,9,12H2,1-2H3/p+1/t20-/m0/s1. The lowest BCUT2D eigenvalue weighted by atomic mass is 9.96. The average Bonchev–Trinajstić information content (AvgIpc) is 3.34. The lowest BCUT2D eigenvalue weighted by molar-refractivity contribution is -0.935. The summed E-state index contributed by atoms with van der Waals surface area (Å²) in [6.45, 7) is 5.84. The number of ketones is 1. The molecule has 1 amide bonds. The third-order valence-corrected chi connectivity index (χ3v) is 7.34. The molecule has 0 spiro atoms. The van der Waals surface area contributed by atoms with Crippen molar-refractivity contribution in [3.63, 3.8) is 0 Å². The van der Waals surface area contributed by atoms with Crippen LogP contribution >= 0.6 is 11.3 Å². The Hall–Kier alpha value is -1.98. The molecule has 5 rings (SSSR count). The number of nitrogens with zero attached hydrogens (tertiary/aromatic N) is 1. The molecule has 3 aliphatic rings. The van der Waals surface area contributed by atoms with Crippen LogP contribution in [0.5, 0.6) is 0 Å². The summed E-state index contributed by atoms with van der Waals surface area (Å²) in [5, 5.41) is 2.20. The predicted octanol–water partition coefficient (Wildman–Crippen LogP) is 2.95. The molecule has 140 valence electrons. The Morgan fingerprint density at radius 1 is 1.22 bits per heavy atom. The maximum absolute atomic E-state index is 12.8. The van der Waals surface area contributed by atoms with Crippen molar-refractivity contribution in [2.24, 2.45) is 5.92 Å². The van der Waals surface area contributed by atoms with E-state index in [-0.39, 0.29) is 11.7 Å². The van der Waals surface area contributed by atoms with Gasteiger partial charge in [0.05, 0.1) is 17.8 Å². The number of quaternary nitrogens is 1. The highest BCUT2D eigenvalue weighted by Crippen LogP contribution is 2.42. The number of anilines is 1. The number of carbonyl (C=O) groups is 2. The first-order valence-electron chi connectivity index (χ1n) is 9.95. The fourth-order valence-corrected chi connectivity index (χ4v) is 5.64. The van der Waals surface area contributed by atoms with Gasteiger partial charge in [-0.25, -0.2) is 0 Å². The summed E-state index contributed by atoms with van der Waals surface area (Å²) in [7, 11) is 0. The van der Waals surface area contributed by atoms with Crippen molar-refractivity contribution in [1.82, 2.24) is 0 Å². The molecule has 1 fully saturated rings. The van der Waals surface area contributed by atoms with Crippen molar-refractivity contribution in [2.75, 3.05) is 18.1 Å². The van der Waals surface area contributed by atoms with Crippen LogP contribution in [-0.2, 0) is 11.2 Å². The van der Waals surface area contributed by atoms with Crippen molar-refractivity contribution in [3.8, 4) is 0 Å². The van der Waals surface area contributed by atoms with Gasteiger partial charge >= 0.3 is 5.91 Å². The Kier molecular flexibility index (Phi) is 3.99. The monoisotopic (exact) mass is 381 g/mol. The van der Waals surface area contributed by atoms with E-state index in [1.807, 2.05) is 23.5 Å². The highest BCUT2D eigenvalue weighted by molar-refractivity contribution is 7.10. The number of benzene rings is 1. The molecule has 27 heavy (non-hydrogen) atoms. The second-order valence-corrected chi connectivity index (χ2v) is 9.42. The molecule has 5 heteroatoms. The van der Waals surface area contributed by atoms with Crippen LogP contribution in [-0.4, -0.2) is 24.9 Å². The molecular formula is C22H25N2O2S+. The molecule has 2 aliphatic heterocycles. The Morgan fingerprint density at radius 3 is 2.78 bits per heavy atom. The van der Waals surface area contributed by atoms with Crippen LogP contribution in [0.2, 0.25) is 0 Å². The van der Waals surface area contributed by atoms with Gasteiger partial charge in [-0.1, -0.05) is 19.9 Å². The molecule has 1 aromatic carbocycles. The van der Waals surface area contributed by atoms with Crippen molar-refractivity contribution in [1.29, 1.82) is 0 Å². The minimum atomic E-state index is -0.357. The summed E-state index contributed by atoms with van der Waals surface area (Å²) in [6, 6.07) is 8.70. The minimum Gasteiger partial charge on any atom is -0.311 e. The summed E-state index contributed by atoms with van der Waals surface area (Å²) in [5.74, 6) is 0.369. The van der Waals surface area contributed by atoms with E-state index in [1.165, 1.54) is 28.2 Å². The van der Waals surface area contributed by atoms with Crippen LogP contribution in [0.3, 0.4) is 0 Å². The molecule has 3 heterocycles. The average molecular weight is 382 g/mol. The predicted molar refractivity (Wildman–Crippen MR) is 107 cm³/mol. The summed E-state index contributed by atoms with van der Waals surface area (Å²) in [5.41, 5.74) is 3.98. The van der Waals surface area contributed by atoms with E-state index in [0.717, 1.165) is 30.1 Å². The third kappa shape index (κ3) is 2.75. The van der Waals surface area contributed by atoms with Gasteiger partial charge in [0.15, 0.2) is 6.67 Å². The maximum Gasteiger partial charge on any atom is 0.303 e. The first-order chi connectivity index (χ1) is 13.0. The zero-order chi connectivity index (χ0) is 18.7. The highest BCUT2D eigenvalue weighted by Gasteiger charge is 2.46. The summed E-state index contributed by atoms with van der Waals surface area (Å²) in [6.07, 6.45) is 3.63. The second kappa shape index (κ2) is 6.28. The topological polar surface area (TPSA) is 41.8 Å². The van der Waals surface area contributed by atoms with Crippen LogP contribution in [0.15, 0.2) is 29.6 Å². The Balaban J connectivity index is 1.46.